The quantitative estimate of drug-likeness (QED) is 0.201. The fourth-order valence-corrected chi connectivity index (χ4v) is 3.99. The highest BCUT2D eigenvalue weighted by Gasteiger charge is 2.04. The van der Waals surface area contributed by atoms with Crippen molar-refractivity contribution in [3.05, 3.63) is 42.2 Å². The van der Waals surface area contributed by atoms with Gasteiger partial charge in [0, 0.05) is 25.1 Å². The summed E-state index contributed by atoms with van der Waals surface area (Å²) in [4.78, 5) is 9.18. The van der Waals surface area contributed by atoms with Gasteiger partial charge < -0.3 is 9.47 Å². The molecule has 0 aliphatic heterocycles. The third-order valence-corrected chi connectivity index (χ3v) is 6.31. The van der Waals surface area contributed by atoms with E-state index in [-0.39, 0.29) is 0 Å². The van der Waals surface area contributed by atoms with Crippen molar-refractivity contribution in [2.75, 3.05) is 13.7 Å². The number of unbranched alkanes of at least 4 members (excludes halogenated alkanes) is 10. The summed E-state index contributed by atoms with van der Waals surface area (Å²) >= 11 is 0. The van der Waals surface area contributed by atoms with Crippen molar-refractivity contribution in [3.63, 3.8) is 0 Å². The van der Waals surface area contributed by atoms with Gasteiger partial charge in [0.1, 0.15) is 5.75 Å². The minimum absolute atomic E-state index is 0.325. The first-order valence-electron chi connectivity index (χ1n) is 13.3. The van der Waals surface area contributed by atoms with Crippen LogP contribution in [0.5, 0.6) is 5.75 Å². The number of nitrogens with zero attached hydrogens (tertiary/aromatic N) is 2. The summed E-state index contributed by atoms with van der Waals surface area (Å²) in [7, 11) is 1.76. The summed E-state index contributed by atoms with van der Waals surface area (Å²) in [6.07, 6.45) is 22.3. The van der Waals surface area contributed by atoms with E-state index in [0.717, 1.165) is 49.4 Å². The van der Waals surface area contributed by atoms with Crippen molar-refractivity contribution >= 4 is 0 Å². The van der Waals surface area contributed by atoms with Crippen molar-refractivity contribution in [3.8, 4) is 17.1 Å². The standard InChI is InChI=1S/C29H46N2O2/c1-4-5-6-7-8-9-10-11-12-13-17-26-23-30-29(31-24-26)27-18-20-28(21-19-27)33-22-15-14-16-25(2)32-3/h18-21,23-25H,4-17,22H2,1-3H3. The molecule has 0 fully saturated rings. The first-order valence-corrected chi connectivity index (χ1v) is 13.3. The van der Waals surface area contributed by atoms with Crippen LogP contribution in [0.1, 0.15) is 103 Å². The minimum Gasteiger partial charge on any atom is -0.494 e. The highest BCUT2D eigenvalue weighted by Crippen LogP contribution is 2.20. The molecule has 0 spiro atoms. The van der Waals surface area contributed by atoms with Crippen LogP contribution in [0.4, 0.5) is 0 Å². The number of methoxy groups -OCH3 is 1. The zero-order chi connectivity index (χ0) is 23.6. The molecule has 0 aliphatic carbocycles. The molecule has 4 nitrogen and oxygen atoms in total. The van der Waals surface area contributed by atoms with Crippen molar-refractivity contribution < 1.29 is 9.47 Å². The van der Waals surface area contributed by atoms with E-state index in [1.165, 1.54) is 69.8 Å². The average Bonchev–Trinajstić information content (AvgIpc) is 2.85. The zero-order valence-corrected chi connectivity index (χ0v) is 21.4. The number of rotatable bonds is 19. The van der Waals surface area contributed by atoms with Gasteiger partial charge in [-0.2, -0.15) is 0 Å². The molecule has 4 heteroatoms. The van der Waals surface area contributed by atoms with Crippen LogP contribution >= 0.6 is 0 Å². The molecule has 1 heterocycles. The highest BCUT2D eigenvalue weighted by molar-refractivity contribution is 5.55. The monoisotopic (exact) mass is 454 g/mol. The lowest BCUT2D eigenvalue weighted by atomic mass is 10.0. The Labute approximate surface area is 202 Å². The number of benzene rings is 1. The van der Waals surface area contributed by atoms with Crippen molar-refractivity contribution in [1.29, 1.82) is 0 Å². The summed E-state index contributed by atoms with van der Waals surface area (Å²) < 4.78 is 11.1. The number of aromatic nitrogens is 2. The molecule has 184 valence electrons. The molecule has 2 aromatic rings. The molecule has 0 bridgehead atoms. The second kappa shape index (κ2) is 17.5. The predicted molar refractivity (Wildman–Crippen MR) is 139 cm³/mol. The van der Waals surface area contributed by atoms with Gasteiger partial charge in [0.2, 0.25) is 0 Å². The van der Waals surface area contributed by atoms with Crippen LogP contribution < -0.4 is 4.74 Å². The molecule has 1 unspecified atom stereocenters. The fourth-order valence-electron chi connectivity index (χ4n) is 3.99. The summed E-state index contributed by atoms with van der Waals surface area (Å²) in [5.41, 5.74) is 2.27. The zero-order valence-electron chi connectivity index (χ0n) is 21.4. The van der Waals surface area contributed by atoms with Crippen LogP contribution in [0.25, 0.3) is 11.4 Å². The lowest BCUT2D eigenvalue weighted by Crippen LogP contribution is -2.05. The van der Waals surface area contributed by atoms with Crippen molar-refractivity contribution in [1.82, 2.24) is 9.97 Å². The maximum atomic E-state index is 5.85. The molecule has 0 saturated heterocycles. The maximum Gasteiger partial charge on any atom is 0.159 e. The van der Waals surface area contributed by atoms with Gasteiger partial charge in [0.25, 0.3) is 0 Å². The third kappa shape index (κ3) is 12.2. The third-order valence-electron chi connectivity index (χ3n) is 6.31. The van der Waals surface area contributed by atoms with Crippen LogP contribution in [0.15, 0.2) is 36.7 Å². The van der Waals surface area contributed by atoms with Crippen LogP contribution in [-0.4, -0.2) is 29.8 Å². The van der Waals surface area contributed by atoms with Gasteiger partial charge >= 0.3 is 0 Å². The predicted octanol–water partition coefficient (Wildman–Crippen LogP) is 8.19. The highest BCUT2D eigenvalue weighted by atomic mass is 16.5. The molecule has 1 atom stereocenters. The van der Waals surface area contributed by atoms with E-state index < -0.39 is 0 Å². The minimum atomic E-state index is 0.325. The van der Waals surface area contributed by atoms with Crippen LogP contribution in [0, 0.1) is 0 Å². The summed E-state index contributed by atoms with van der Waals surface area (Å²) in [6.45, 7) is 5.12. The first-order chi connectivity index (χ1) is 16.2. The SMILES string of the molecule is CCCCCCCCCCCCc1cnc(-c2ccc(OCCCCC(C)OC)cc2)nc1. The molecule has 0 amide bonds. The molecule has 0 N–H and O–H groups in total. The Balaban J connectivity index is 1.60. The Hall–Kier alpha value is -1.94. The largest absolute Gasteiger partial charge is 0.494 e. The van der Waals surface area contributed by atoms with E-state index in [0.29, 0.717) is 6.10 Å². The van der Waals surface area contributed by atoms with Crippen LogP contribution in [-0.2, 0) is 11.2 Å². The molecule has 0 saturated carbocycles. The summed E-state index contributed by atoms with van der Waals surface area (Å²) in [6, 6.07) is 8.10. The van der Waals surface area contributed by atoms with Gasteiger partial charge in [0.15, 0.2) is 5.82 Å². The van der Waals surface area contributed by atoms with E-state index in [1.807, 2.05) is 36.7 Å². The molecule has 33 heavy (non-hydrogen) atoms. The number of ether oxygens (including phenoxy) is 2. The van der Waals surface area contributed by atoms with Gasteiger partial charge in [-0.25, -0.2) is 9.97 Å². The Kier molecular flexibility index (Phi) is 14.5. The maximum absolute atomic E-state index is 5.85. The molecule has 2 rings (SSSR count). The summed E-state index contributed by atoms with van der Waals surface area (Å²) in [5.74, 6) is 1.68. The molecule has 0 radical (unpaired) electrons. The Morgan fingerprint density at radius 3 is 1.97 bits per heavy atom. The normalized spacial score (nSPS) is 12.1. The van der Waals surface area contributed by atoms with E-state index in [9.17, 15) is 0 Å². The van der Waals surface area contributed by atoms with E-state index in [4.69, 9.17) is 9.47 Å². The summed E-state index contributed by atoms with van der Waals surface area (Å²) in [5, 5.41) is 0. The van der Waals surface area contributed by atoms with Crippen LogP contribution in [0.2, 0.25) is 0 Å². The first kappa shape index (κ1) is 27.3. The van der Waals surface area contributed by atoms with Crippen molar-refractivity contribution in [2.45, 2.75) is 110 Å². The average molecular weight is 455 g/mol. The van der Waals surface area contributed by atoms with Gasteiger partial charge in [-0.05, 0) is 68.9 Å². The number of aryl methyl sites for hydroxylation is 1. The Bertz CT molecular complexity index is 715. The molecule has 1 aromatic carbocycles. The Morgan fingerprint density at radius 2 is 1.36 bits per heavy atom. The number of hydrogen-bond donors (Lipinski definition) is 0. The van der Waals surface area contributed by atoms with E-state index >= 15 is 0 Å². The smallest absolute Gasteiger partial charge is 0.159 e. The lowest BCUT2D eigenvalue weighted by molar-refractivity contribution is 0.107. The lowest BCUT2D eigenvalue weighted by Gasteiger charge is -2.10. The van der Waals surface area contributed by atoms with Gasteiger partial charge in [-0.1, -0.05) is 64.7 Å². The van der Waals surface area contributed by atoms with Gasteiger partial charge in [-0.15, -0.1) is 0 Å². The molecule has 0 aliphatic rings. The molecular formula is C29H46N2O2. The van der Waals surface area contributed by atoms with Crippen LogP contribution in [0.3, 0.4) is 0 Å². The molecular weight excluding hydrogens is 408 g/mol. The topological polar surface area (TPSA) is 44.2 Å². The second-order valence-electron chi connectivity index (χ2n) is 9.26. The second-order valence-corrected chi connectivity index (χ2v) is 9.26. The molecule has 1 aromatic heterocycles. The van der Waals surface area contributed by atoms with Crippen molar-refractivity contribution in [2.24, 2.45) is 0 Å². The fraction of sp³-hybridized carbons (Fsp3) is 0.655. The van der Waals surface area contributed by atoms with E-state index in [2.05, 4.69) is 23.8 Å². The van der Waals surface area contributed by atoms with Gasteiger partial charge in [0.05, 0.1) is 12.7 Å². The van der Waals surface area contributed by atoms with E-state index in [1.54, 1.807) is 7.11 Å². The Morgan fingerprint density at radius 1 is 0.758 bits per heavy atom. The number of hydrogen-bond acceptors (Lipinski definition) is 4. The van der Waals surface area contributed by atoms with Gasteiger partial charge in [-0.3, -0.25) is 0 Å².